The average Bonchev–Trinajstić information content (AvgIpc) is 2.97. The van der Waals surface area contributed by atoms with Crippen molar-refractivity contribution in [3.63, 3.8) is 0 Å². The highest BCUT2D eigenvalue weighted by Gasteiger charge is 2.47. The molecule has 8 nitrogen and oxygen atoms in total. The monoisotopic (exact) mass is 579 g/mol. The molecule has 1 heterocycles. The van der Waals surface area contributed by atoms with Gasteiger partial charge in [-0.1, -0.05) is 50.2 Å². The number of ketones is 1. The summed E-state index contributed by atoms with van der Waals surface area (Å²) in [6.07, 6.45) is 0.458. The summed E-state index contributed by atoms with van der Waals surface area (Å²) in [6.45, 7) is 6.31. The van der Waals surface area contributed by atoms with Gasteiger partial charge in [-0.15, -0.1) is 0 Å². The Morgan fingerprint density at radius 2 is 1.83 bits per heavy atom. The third kappa shape index (κ3) is 6.62. The second-order valence-corrected chi connectivity index (χ2v) is 11.4. The quantitative estimate of drug-likeness (QED) is 0.219. The average molecular weight is 580 g/mol. The summed E-state index contributed by atoms with van der Waals surface area (Å²) in [5, 5.41) is 3.29. The predicted molar refractivity (Wildman–Crippen MR) is 158 cm³/mol. The lowest BCUT2D eigenvalue weighted by Gasteiger charge is -2.38. The Bertz CT molecular complexity index is 1350. The molecule has 0 aromatic heterocycles. The molecule has 1 aliphatic heterocycles. The maximum Gasteiger partial charge on any atom is 0.336 e. The molecule has 1 N–H and O–H groups in total. The number of allylic oxidation sites excluding steroid dienone is 3. The number of hydrogen-bond donors (Lipinski definition) is 1. The molecule has 41 heavy (non-hydrogen) atoms. The van der Waals surface area contributed by atoms with Crippen LogP contribution in [0.5, 0.6) is 11.5 Å². The van der Waals surface area contributed by atoms with E-state index >= 15 is 0 Å². The molecular weight excluding hydrogens is 542 g/mol. The Labute approximate surface area is 245 Å². The molecule has 4 rings (SSSR count). The fourth-order valence-corrected chi connectivity index (χ4v) is 5.91. The number of methoxy groups -OCH3 is 2. The maximum absolute atomic E-state index is 14.0. The Morgan fingerprint density at radius 3 is 2.51 bits per heavy atom. The second-order valence-electron chi connectivity index (χ2n) is 10.1. The number of rotatable bonds is 11. The van der Waals surface area contributed by atoms with Crippen LogP contribution in [0, 0.1) is 11.8 Å². The first-order chi connectivity index (χ1) is 19.8. The second kappa shape index (κ2) is 13.8. The predicted octanol–water partition coefficient (Wildman–Crippen LogP) is 5.18. The van der Waals surface area contributed by atoms with Crippen LogP contribution in [0.15, 0.2) is 71.1 Å². The largest absolute Gasteiger partial charge is 0.493 e. The number of esters is 2. The van der Waals surface area contributed by atoms with E-state index in [2.05, 4.69) is 5.32 Å². The fraction of sp³-hybridized carbons (Fsp3) is 0.406. The van der Waals surface area contributed by atoms with Gasteiger partial charge >= 0.3 is 11.9 Å². The van der Waals surface area contributed by atoms with E-state index in [1.807, 2.05) is 57.2 Å². The van der Waals surface area contributed by atoms with Crippen LogP contribution < -0.4 is 14.8 Å². The van der Waals surface area contributed by atoms with Crippen LogP contribution >= 0.6 is 11.8 Å². The van der Waals surface area contributed by atoms with Crippen LogP contribution in [0.25, 0.3) is 0 Å². The van der Waals surface area contributed by atoms with Gasteiger partial charge in [0.05, 0.1) is 19.8 Å². The van der Waals surface area contributed by atoms with Crippen molar-refractivity contribution in [3.8, 4) is 11.5 Å². The van der Waals surface area contributed by atoms with Gasteiger partial charge in [-0.3, -0.25) is 9.59 Å². The summed E-state index contributed by atoms with van der Waals surface area (Å²) in [6, 6.07) is 15.2. The van der Waals surface area contributed by atoms with E-state index in [-0.39, 0.29) is 18.3 Å². The first kappa shape index (κ1) is 30.2. The number of Topliss-reactive ketones (excluding diaryl/α,β-unsaturated/α-hetero) is 1. The van der Waals surface area contributed by atoms with Crippen LogP contribution in [-0.4, -0.2) is 50.1 Å². The molecule has 0 radical (unpaired) electrons. The highest BCUT2D eigenvalue weighted by molar-refractivity contribution is 7.99. The Morgan fingerprint density at radius 1 is 1.07 bits per heavy atom. The molecule has 218 valence electrons. The summed E-state index contributed by atoms with van der Waals surface area (Å²) >= 11 is 1.67. The first-order valence-corrected chi connectivity index (χ1v) is 14.9. The van der Waals surface area contributed by atoms with Gasteiger partial charge in [0.25, 0.3) is 0 Å². The van der Waals surface area contributed by atoms with Crippen molar-refractivity contribution in [1.29, 1.82) is 0 Å². The number of ether oxygens (including phenoxy) is 4. The van der Waals surface area contributed by atoms with Gasteiger partial charge in [-0.25, -0.2) is 4.79 Å². The van der Waals surface area contributed by atoms with Crippen molar-refractivity contribution in [2.24, 2.45) is 11.8 Å². The van der Waals surface area contributed by atoms with Gasteiger partial charge in [0.15, 0.2) is 17.3 Å². The molecule has 1 aliphatic carbocycles. The third-order valence-corrected chi connectivity index (χ3v) is 8.25. The van der Waals surface area contributed by atoms with Crippen LogP contribution in [-0.2, 0) is 30.5 Å². The van der Waals surface area contributed by atoms with Crippen LogP contribution in [0.4, 0.5) is 0 Å². The van der Waals surface area contributed by atoms with Gasteiger partial charge in [0.2, 0.25) is 0 Å². The third-order valence-electron chi connectivity index (χ3n) is 7.39. The first-order valence-electron chi connectivity index (χ1n) is 13.7. The lowest BCUT2D eigenvalue weighted by Crippen LogP contribution is -2.43. The van der Waals surface area contributed by atoms with Gasteiger partial charge in [0, 0.05) is 28.6 Å². The molecule has 2 aromatic carbocycles. The van der Waals surface area contributed by atoms with Crippen molar-refractivity contribution in [2.45, 2.75) is 39.7 Å². The van der Waals surface area contributed by atoms with E-state index < -0.39 is 23.8 Å². The molecule has 0 bridgehead atoms. The number of carbonyl (C=O) groups excluding carboxylic acids is 3. The number of benzene rings is 2. The van der Waals surface area contributed by atoms with Crippen molar-refractivity contribution in [2.75, 3.05) is 32.3 Å². The maximum atomic E-state index is 14.0. The summed E-state index contributed by atoms with van der Waals surface area (Å²) in [7, 11) is 2.83. The van der Waals surface area contributed by atoms with Crippen LogP contribution in [0.1, 0.15) is 44.2 Å². The molecule has 0 fully saturated rings. The van der Waals surface area contributed by atoms with E-state index in [1.54, 1.807) is 31.0 Å². The minimum Gasteiger partial charge on any atom is -0.493 e. The lowest BCUT2D eigenvalue weighted by molar-refractivity contribution is -0.151. The minimum absolute atomic E-state index is 0.248. The van der Waals surface area contributed by atoms with E-state index in [0.717, 1.165) is 11.3 Å². The smallest absolute Gasteiger partial charge is 0.336 e. The lowest BCUT2D eigenvalue weighted by atomic mass is 9.69. The molecule has 0 saturated carbocycles. The highest BCUT2D eigenvalue weighted by Crippen LogP contribution is 2.47. The van der Waals surface area contributed by atoms with Crippen LogP contribution in [0.3, 0.4) is 0 Å². The van der Waals surface area contributed by atoms with Gasteiger partial charge < -0.3 is 24.3 Å². The van der Waals surface area contributed by atoms with Crippen molar-refractivity contribution < 1.29 is 33.3 Å². The van der Waals surface area contributed by atoms with E-state index in [0.29, 0.717) is 58.4 Å². The molecular formula is C32H37NO7S. The number of nitrogens with one attached hydrogen (secondary N) is 1. The van der Waals surface area contributed by atoms with Gasteiger partial charge in [-0.05, 0) is 48.3 Å². The molecule has 0 unspecified atom stereocenters. The molecule has 2 aliphatic rings. The molecule has 0 saturated heterocycles. The summed E-state index contributed by atoms with van der Waals surface area (Å²) in [5.41, 5.74) is 3.68. The van der Waals surface area contributed by atoms with E-state index in [9.17, 15) is 14.4 Å². The van der Waals surface area contributed by atoms with E-state index in [4.69, 9.17) is 18.9 Å². The Hall–Kier alpha value is -3.72. The van der Waals surface area contributed by atoms with E-state index in [1.165, 1.54) is 7.11 Å². The molecule has 9 heteroatoms. The summed E-state index contributed by atoms with van der Waals surface area (Å²) in [5.74, 6) is -0.858. The molecule has 2 aromatic rings. The topological polar surface area (TPSA) is 100 Å². The zero-order chi connectivity index (χ0) is 29.5. The molecule has 0 spiro atoms. The summed E-state index contributed by atoms with van der Waals surface area (Å²) < 4.78 is 22.4. The number of dihydropyridines is 1. The Kier molecular flexibility index (Phi) is 10.2. The highest BCUT2D eigenvalue weighted by atomic mass is 32.2. The van der Waals surface area contributed by atoms with Gasteiger partial charge in [0.1, 0.15) is 19.1 Å². The summed E-state index contributed by atoms with van der Waals surface area (Å²) in [4.78, 5) is 40.2. The Balaban J connectivity index is 1.75. The zero-order valence-electron chi connectivity index (χ0n) is 24.2. The van der Waals surface area contributed by atoms with Crippen molar-refractivity contribution >= 4 is 29.5 Å². The fourth-order valence-electron chi connectivity index (χ4n) is 5.42. The number of thioether (sulfide) groups is 1. The molecule has 0 amide bonds. The minimum atomic E-state index is -0.963. The normalized spacial score (nSPS) is 20.2. The van der Waals surface area contributed by atoms with Crippen molar-refractivity contribution in [1.82, 2.24) is 5.32 Å². The zero-order valence-corrected chi connectivity index (χ0v) is 25.0. The number of carbonyl (C=O) groups is 3. The van der Waals surface area contributed by atoms with Crippen molar-refractivity contribution in [3.05, 3.63) is 82.2 Å². The van der Waals surface area contributed by atoms with Gasteiger partial charge in [-0.2, -0.15) is 11.8 Å². The standard InChI is InChI=1S/C32H37NO7S/c1-6-41-15-14-39-32(36)27-20(3)33-23-16-19(2)26(31(35)38-5)30(34)29(23)28(27)22-12-13-24(25(17-22)37-4)40-18-21-10-8-7-9-11-21/h7-13,17,19,26,28,33H,6,14-16,18H2,1-5H3/t19-,26-,28+/m0/s1. The number of hydrogen-bond acceptors (Lipinski definition) is 9. The van der Waals surface area contributed by atoms with Crippen LogP contribution in [0.2, 0.25) is 0 Å². The SMILES string of the molecule is CCSCCOC(=O)C1=C(C)NC2=C(C(=O)[C@@H](C(=O)OC)[C@@H](C)C2)[C@@H]1c1ccc(OCc2ccccc2)c(OC)c1. The molecule has 3 atom stereocenters.